The number of nitrogens with two attached hydrogens (primary N) is 1. The largest absolute Gasteiger partial charge is 0.477 e. The Morgan fingerprint density at radius 3 is 2.64 bits per heavy atom. The summed E-state index contributed by atoms with van der Waals surface area (Å²) >= 11 is 0. The first-order chi connectivity index (χ1) is 13.4. The fraction of sp³-hybridized carbons (Fsp3) is 0.0500. The van der Waals surface area contributed by atoms with Crippen molar-refractivity contribution in [1.29, 1.82) is 0 Å². The second-order valence-electron chi connectivity index (χ2n) is 6.22. The van der Waals surface area contributed by atoms with Gasteiger partial charge in [0.05, 0.1) is 0 Å². The lowest BCUT2D eigenvalue weighted by Crippen LogP contribution is -2.20. The first kappa shape index (κ1) is 17.3. The summed E-state index contributed by atoms with van der Waals surface area (Å²) in [4.78, 5) is 26.4. The van der Waals surface area contributed by atoms with Gasteiger partial charge in [-0.25, -0.2) is 9.48 Å². The molecule has 28 heavy (non-hydrogen) atoms. The van der Waals surface area contributed by atoms with Crippen LogP contribution in [0.2, 0.25) is 0 Å². The van der Waals surface area contributed by atoms with Gasteiger partial charge in [0.15, 0.2) is 0 Å². The van der Waals surface area contributed by atoms with Crippen molar-refractivity contribution in [2.45, 2.75) is 0 Å². The third kappa shape index (κ3) is 2.96. The Morgan fingerprint density at radius 2 is 1.93 bits per heavy atom. The maximum Gasteiger partial charge on any atom is 0.352 e. The average molecular weight is 376 g/mol. The summed E-state index contributed by atoms with van der Waals surface area (Å²) in [6.45, 7) is 0. The number of carbonyl (C=O) groups is 1. The molecule has 4 aromatic rings. The van der Waals surface area contributed by atoms with Crippen molar-refractivity contribution in [3.05, 3.63) is 70.6 Å². The predicted molar refractivity (Wildman–Crippen MR) is 105 cm³/mol. The van der Waals surface area contributed by atoms with E-state index in [0.29, 0.717) is 33.8 Å². The van der Waals surface area contributed by atoms with Crippen LogP contribution in [0.15, 0.2) is 59.4 Å². The topological polar surface area (TPSA) is 123 Å². The Bertz CT molecular complexity index is 1260. The Hall–Kier alpha value is -4.07. The van der Waals surface area contributed by atoms with Crippen LogP contribution in [0, 0.1) is 0 Å². The zero-order valence-corrected chi connectivity index (χ0v) is 14.8. The highest BCUT2D eigenvalue weighted by Crippen LogP contribution is 2.36. The van der Waals surface area contributed by atoms with Crippen molar-refractivity contribution in [3.63, 3.8) is 0 Å². The van der Waals surface area contributed by atoms with Gasteiger partial charge in [-0.15, -0.1) is 0 Å². The number of nitrogen functional groups attached to an aromatic ring is 1. The van der Waals surface area contributed by atoms with Gasteiger partial charge >= 0.3 is 5.97 Å². The van der Waals surface area contributed by atoms with Gasteiger partial charge in [0.1, 0.15) is 28.4 Å². The zero-order valence-electron chi connectivity index (χ0n) is 14.8. The summed E-state index contributed by atoms with van der Waals surface area (Å²) in [6.07, 6.45) is 0. The van der Waals surface area contributed by atoms with Crippen LogP contribution in [0.5, 0.6) is 11.5 Å². The molecule has 2 aromatic heterocycles. The minimum atomic E-state index is -1.17. The molecule has 0 aliphatic carbocycles. The number of benzene rings is 2. The first-order valence-corrected chi connectivity index (χ1v) is 8.40. The molecule has 0 fully saturated rings. The van der Waals surface area contributed by atoms with Crippen LogP contribution in [0.3, 0.4) is 0 Å². The highest BCUT2D eigenvalue weighted by atomic mass is 16.5. The smallest absolute Gasteiger partial charge is 0.352 e. The Balaban J connectivity index is 1.97. The predicted octanol–water partition coefficient (Wildman–Crippen LogP) is 3.00. The molecular formula is C20H16N4O4. The number of ether oxygens (including phenoxy) is 1. The molecule has 0 spiro atoms. The van der Waals surface area contributed by atoms with Crippen LogP contribution in [0.1, 0.15) is 10.5 Å². The van der Waals surface area contributed by atoms with Crippen molar-refractivity contribution in [2.24, 2.45) is 7.05 Å². The van der Waals surface area contributed by atoms with E-state index >= 15 is 0 Å². The molecule has 0 aliphatic heterocycles. The third-order valence-electron chi connectivity index (χ3n) is 4.29. The van der Waals surface area contributed by atoms with Crippen molar-refractivity contribution in [3.8, 4) is 22.8 Å². The van der Waals surface area contributed by atoms with E-state index in [9.17, 15) is 14.7 Å². The molecule has 2 aromatic carbocycles. The molecule has 4 rings (SSSR count). The quantitative estimate of drug-likeness (QED) is 0.471. The minimum Gasteiger partial charge on any atom is -0.477 e. The molecule has 2 heterocycles. The normalized spacial score (nSPS) is 10.9. The number of aromatic carboxylic acids is 1. The summed E-state index contributed by atoms with van der Waals surface area (Å²) < 4.78 is 7.13. The number of anilines is 1. The van der Waals surface area contributed by atoms with Crippen molar-refractivity contribution in [1.82, 2.24) is 14.8 Å². The van der Waals surface area contributed by atoms with Gasteiger partial charge in [-0.3, -0.25) is 4.79 Å². The van der Waals surface area contributed by atoms with Crippen LogP contribution in [0.25, 0.3) is 22.2 Å². The Kier molecular flexibility index (Phi) is 4.08. The molecule has 8 nitrogen and oxygen atoms in total. The minimum absolute atomic E-state index is 0.101. The highest BCUT2D eigenvalue weighted by molar-refractivity contribution is 6.00. The maximum absolute atomic E-state index is 12.4. The monoisotopic (exact) mass is 376 g/mol. The second-order valence-corrected chi connectivity index (χ2v) is 6.22. The number of aryl methyl sites for hydroxylation is 1. The number of carboxylic acid groups (broad SMARTS) is 1. The number of nitrogens with zero attached hydrogens (tertiary/aromatic N) is 2. The molecule has 0 atom stereocenters. The van der Waals surface area contributed by atoms with Crippen molar-refractivity contribution >= 4 is 22.6 Å². The van der Waals surface area contributed by atoms with E-state index in [4.69, 9.17) is 10.5 Å². The molecule has 0 saturated carbocycles. The van der Waals surface area contributed by atoms with Gasteiger partial charge in [-0.1, -0.05) is 18.2 Å². The van der Waals surface area contributed by atoms with E-state index in [1.807, 2.05) is 30.3 Å². The number of aromatic amines is 1. The first-order valence-electron chi connectivity index (χ1n) is 8.40. The van der Waals surface area contributed by atoms with E-state index in [0.717, 1.165) is 4.68 Å². The zero-order chi connectivity index (χ0) is 19.8. The Labute approximate surface area is 158 Å². The number of fused-ring (bicyclic) bond motifs is 1. The summed E-state index contributed by atoms with van der Waals surface area (Å²) in [6, 6.07) is 15.7. The van der Waals surface area contributed by atoms with Crippen molar-refractivity contribution < 1.29 is 14.6 Å². The second kappa shape index (κ2) is 6.58. The number of rotatable bonds is 4. The number of para-hydroxylation sites is 1. The molecule has 8 heteroatoms. The Morgan fingerprint density at radius 1 is 1.18 bits per heavy atom. The van der Waals surface area contributed by atoms with Gasteiger partial charge in [0.2, 0.25) is 0 Å². The highest BCUT2D eigenvalue weighted by Gasteiger charge is 2.19. The lowest BCUT2D eigenvalue weighted by Gasteiger charge is -2.13. The molecule has 0 amide bonds. The molecule has 0 aliphatic rings. The number of H-pyrrole nitrogens is 1. The molecule has 0 unspecified atom stereocenters. The SMILES string of the molecule is Cn1nc(-c2cc(N)ccc2Oc2ccccc2)c2cc(C(=O)O)[nH]c2c1=O. The van der Waals surface area contributed by atoms with Crippen LogP contribution in [-0.4, -0.2) is 25.8 Å². The molecular weight excluding hydrogens is 360 g/mol. The van der Waals surface area contributed by atoms with Gasteiger partial charge in [0.25, 0.3) is 5.56 Å². The number of carboxylic acids is 1. The summed E-state index contributed by atoms with van der Waals surface area (Å²) in [5, 5.41) is 14.0. The summed E-state index contributed by atoms with van der Waals surface area (Å²) in [5.41, 5.74) is 7.00. The van der Waals surface area contributed by atoms with E-state index < -0.39 is 11.5 Å². The van der Waals surface area contributed by atoms with Crippen LogP contribution >= 0.6 is 0 Å². The lowest BCUT2D eigenvalue weighted by molar-refractivity contribution is 0.0691. The molecule has 140 valence electrons. The van der Waals surface area contributed by atoms with Crippen molar-refractivity contribution in [2.75, 3.05) is 5.73 Å². The molecule has 0 radical (unpaired) electrons. The standard InChI is InChI=1S/C20H16N4O4/c1-24-19(25)18-14(10-15(22-18)20(26)27)17(23-24)13-9-11(21)7-8-16(13)28-12-5-3-2-4-6-12/h2-10,22H,21H2,1H3,(H,26,27). The molecule has 0 bridgehead atoms. The van der Waals surface area contributed by atoms with Crippen LogP contribution in [-0.2, 0) is 7.05 Å². The van der Waals surface area contributed by atoms with Gasteiger partial charge < -0.3 is 20.6 Å². The van der Waals surface area contributed by atoms with E-state index in [2.05, 4.69) is 10.1 Å². The maximum atomic E-state index is 12.4. The average Bonchev–Trinajstić information content (AvgIpc) is 3.13. The summed E-state index contributed by atoms with van der Waals surface area (Å²) in [5.74, 6) is -0.0710. The van der Waals surface area contributed by atoms with Gasteiger partial charge in [-0.05, 0) is 36.4 Å². The van der Waals surface area contributed by atoms with Crippen LogP contribution in [0.4, 0.5) is 5.69 Å². The van der Waals surface area contributed by atoms with Crippen LogP contribution < -0.4 is 16.0 Å². The number of hydrogen-bond donors (Lipinski definition) is 3. The number of nitrogens with one attached hydrogen (secondary N) is 1. The molecule has 0 saturated heterocycles. The van der Waals surface area contributed by atoms with E-state index in [1.54, 1.807) is 18.2 Å². The summed E-state index contributed by atoms with van der Waals surface area (Å²) in [7, 11) is 1.50. The van der Waals surface area contributed by atoms with Gasteiger partial charge in [-0.2, -0.15) is 5.10 Å². The fourth-order valence-corrected chi connectivity index (χ4v) is 2.97. The lowest BCUT2D eigenvalue weighted by atomic mass is 10.1. The fourth-order valence-electron chi connectivity index (χ4n) is 2.97. The number of aromatic nitrogens is 3. The van der Waals surface area contributed by atoms with Gasteiger partial charge in [0, 0.05) is 23.7 Å². The van der Waals surface area contributed by atoms with E-state index in [-0.39, 0.29) is 11.2 Å². The number of hydrogen-bond acceptors (Lipinski definition) is 5. The third-order valence-corrected chi connectivity index (χ3v) is 4.29. The molecule has 4 N–H and O–H groups in total. The van der Waals surface area contributed by atoms with E-state index in [1.165, 1.54) is 13.1 Å².